The number of unbranched alkanes of at least 4 members (excludes halogenated alkanes) is 1. The van der Waals surface area contributed by atoms with Crippen molar-refractivity contribution in [3.63, 3.8) is 0 Å². The average molecular weight is 366 g/mol. The summed E-state index contributed by atoms with van der Waals surface area (Å²) in [6.07, 6.45) is 4.34. The second-order valence-electron chi connectivity index (χ2n) is 5.96. The molecule has 0 heterocycles. The number of hydrogen-bond acceptors (Lipinski definition) is 4. The SMILES string of the molecule is CCCCOCCOCCNC(=NC)NCCCc1ccc(OC)cc1. The number of hydrogen-bond donors (Lipinski definition) is 2. The Bertz CT molecular complexity index is 478. The lowest BCUT2D eigenvalue weighted by molar-refractivity contribution is 0.0487. The summed E-state index contributed by atoms with van der Waals surface area (Å²) in [4.78, 5) is 4.22. The van der Waals surface area contributed by atoms with Crippen molar-refractivity contribution in [3.8, 4) is 5.75 Å². The second-order valence-corrected chi connectivity index (χ2v) is 5.96. The van der Waals surface area contributed by atoms with E-state index in [1.807, 2.05) is 12.1 Å². The highest BCUT2D eigenvalue weighted by molar-refractivity contribution is 5.79. The van der Waals surface area contributed by atoms with Gasteiger partial charge in [-0.15, -0.1) is 0 Å². The maximum Gasteiger partial charge on any atom is 0.191 e. The van der Waals surface area contributed by atoms with Crippen LogP contribution in [0.4, 0.5) is 0 Å². The Morgan fingerprint density at radius 2 is 1.62 bits per heavy atom. The van der Waals surface area contributed by atoms with Crippen molar-refractivity contribution in [2.45, 2.75) is 32.6 Å². The van der Waals surface area contributed by atoms with Crippen molar-refractivity contribution in [1.82, 2.24) is 10.6 Å². The molecule has 0 fully saturated rings. The van der Waals surface area contributed by atoms with Crippen LogP contribution in [0.15, 0.2) is 29.3 Å². The molecule has 0 saturated carbocycles. The van der Waals surface area contributed by atoms with Crippen molar-refractivity contribution < 1.29 is 14.2 Å². The molecule has 0 aliphatic carbocycles. The maximum atomic E-state index is 5.53. The van der Waals surface area contributed by atoms with Crippen LogP contribution in [0, 0.1) is 0 Å². The third kappa shape index (κ3) is 10.9. The third-order valence-electron chi connectivity index (χ3n) is 3.87. The van der Waals surface area contributed by atoms with E-state index in [4.69, 9.17) is 14.2 Å². The first-order chi connectivity index (χ1) is 12.8. The molecule has 1 aromatic carbocycles. The van der Waals surface area contributed by atoms with E-state index < -0.39 is 0 Å². The summed E-state index contributed by atoms with van der Waals surface area (Å²) in [7, 11) is 3.46. The van der Waals surface area contributed by atoms with Gasteiger partial charge in [0.1, 0.15) is 5.75 Å². The average Bonchev–Trinajstić information content (AvgIpc) is 2.68. The number of nitrogens with zero attached hydrogens (tertiary/aromatic N) is 1. The molecule has 0 bridgehead atoms. The smallest absolute Gasteiger partial charge is 0.191 e. The lowest BCUT2D eigenvalue weighted by Gasteiger charge is -2.12. The normalized spacial score (nSPS) is 11.4. The van der Waals surface area contributed by atoms with Gasteiger partial charge in [-0.2, -0.15) is 0 Å². The molecule has 1 aromatic rings. The summed E-state index contributed by atoms with van der Waals surface area (Å²) in [5, 5.41) is 6.57. The number of nitrogens with one attached hydrogen (secondary N) is 2. The summed E-state index contributed by atoms with van der Waals surface area (Å²) in [5.41, 5.74) is 1.31. The molecule has 148 valence electrons. The fourth-order valence-corrected chi connectivity index (χ4v) is 2.32. The van der Waals surface area contributed by atoms with E-state index in [1.54, 1.807) is 14.2 Å². The minimum absolute atomic E-state index is 0.638. The largest absolute Gasteiger partial charge is 0.497 e. The molecule has 6 heteroatoms. The molecule has 0 aliphatic rings. The summed E-state index contributed by atoms with van der Waals surface area (Å²) in [6.45, 7) is 6.53. The molecule has 26 heavy (non-hydrogen) atoms. The van der Waals surface area contributed by atoms with Crippen molar-refractivity contribution >= 4 is 5.96 Å². The first-order valence-electron chi connectivity index (χ1n) is 9.53. The Labute approximate surface area is 158 Å². The molecule has 0 spiro atoms. The first kappa shape index (κ1) is 22.3. The Morgan fingerprint density at radius 1 is 0.923 bits per heavy atom. The van der Waals surface area contributed by atoms with Gasteiger partial charge in [0, 0.05) is 26.7 Å². The molecule has 0 saturated heterocycles. The summed E-state index contributed by atoms with van der Waals surface area (Å²) >= 11 is 0. The van der Waals surface area contributed by atoms with E-state index in [1.165, 1.54) is 5.56 Å². The molecule has 2 N–H and O–H groups in total. The first-order valence-corrected chi connectivity index (χ1v) is 9.53. The van der Waals surface area contributed by atoms with Gasteiger partial charge in [0.25, 0.3) is 0 Å². The second kappa shape index (κ2) is 15.5. The van der Waals surface area contributed by atoms with Gasteiger partial charge < -0.3 is 24.8 Å². The maximum absolute atomic E-state index is 5.53. The van der Waals surface area contributed by atoms with Crippen LogP contribution in [-0.2, 0) is 15.9 Å². The highest BCUT2D eigenvalue weighted by Gasteiger charge is 1.98. The van der Waals surface area contributed by atoms with Crippen molar-refractivity contribution in [2.75, 3.05) is 53.7 Å². The number of methoxy groups -OCH3 is 1. The van der Waals surface area contributed by atoms with Gasteiger partial charge in [-0.1, -0.05) is 25.5 Å². The van der Waals surface area contributed by atoms with Gasteiger partial charge in [-0.05, 0) is 37.0 Å². The minimum atomic E-state index is 0.638. The number of aliphatic imine (C=N–C) groups is 1. The fourth-order valence-electron chi connectivity index (χ4n) is 2.32. The number of aryl methyl sites for hydroxylation is 1. The molecule has 0 radical (unpaired) electrons. The van der Waals surface area contributed by atoms with E-state index in [2.05, 4.69) is 34.7 Å². The lowest BCUT2D eigenvalue weighted by Crippen LogP contribution is -2.39. The van der Waals surface area contributed by atoms with Crippen molar-refractivity contribution in [3.05, 3.63) is 29.8 Å². The Balaban J connectivity index is 2.01. The molecule has 0 unspecified atom stereocenters. The predicted molar refractivity (Wildman–Crippen MR) is 107 cm³/mol. The lowest BCUT2D eigenvalue weighted by atomic mass is 10.1. The Hall–Kier alpha value is -1.79. The Morgan fingerprint density at radius 3 is 2.27 bits per heavy atom. The molecule has 0 aromatic heterocycles. The van der Waals surface area contributed by atoms with E-state index in [0.29, 0.717) is 19.8 Å². The van der Waals surface area contributed by atoms with Crippen LogP contribution in [-0.4, -0.2) is 59.6 Å². The molecule has 6 nitrogen and oxygen atoms in total. The van der Waals surface area contributed by atoms with E-state index in [0.717, 1.165) is 57.1 Å². The number of ether oxygens (including phenoxy) is 3. The summed E-state index contributed by atoms with van der Waals surface area (Å²) < 4.78 is 16.2. The van der Waals surface area contributed by atoms with Gasteiger partial charge in [0.2, 0.25) is 0 Å². The summed E-state index contributed by atoms with van der Waals surface area (Å²) in [5.74, 6) is 1.70. The summed E-state index contributed by atoms with van der Waals surface area (Å²) in [6, 6.07) is 8.21. The molecule has 0 atom stereocenters. The highest BCUT2D eigenvalue weighted by Crippen LogP contribution is 2.12. The highest BCUT2D eigenvalue weighted by atomic mass is 16.5. The van der Waals surface area contributed by atoms with Gasteiger partial charge in [-0.3, -0.25) is 4.99 Å². The molecule has 0 aliphatic heterocycles. The van der Waals surface area contributed by atoms with E-state index in [-0.39, 0.29) is 0 Å². The Kier molecular flexibility index (Phi) is 13.2. The topological polar surface area (TPSA) is 64.1 Å². The minimum Gasteiger partial charge on any atom is -0.497 e. The van der Waals surface area contributed by atoms with Crippen LogP contribution >= 0.6 is 0 Å². The molecular formula is C20H35N3O3. The van der Waals surface area contributed by atoms with Gasteiger partial charge in [-0.25, -0.2) is 0 Å². The molecular weight excluding hydrogens is 330 g/mol. The van der Waals surface area contributed by atoms with Crippen LogP contribution in [0.1, 0.15) is 31.7 Å². The standard InChI is InChI=1S/C20H35N3O3/c1-4-5-14-25-16-17-26-15-13-23-20(21-2)22-12-6-7-18-8-10-19(24-3)11-9-18/h8-11H,4-7,12-17H2,1-3H3,(H2,21,22,23). The fraction of sp³-hybridized carbons (Fsp3) is 0.650. The van der Waals surface area contributed by atoms with Crippen LogP contribution in [0.3, 0.4) is 0 Å². The zero-order valence-corrected chi connectivity index (χ0v) is 16.6. The number of benzene rings is 1. The van der Waals surface area contributed by atoms with Crippen LogP contribution in [0.5, 0.6) is 5.75 Å². The van der Waals surface area contributed by atoms with Crippen LogP contribution in [0.2, 0.25) is 0 Å². The quantitative estimate of drug-likeness (QED) is 0.301. The molecule has 0 amide bonds. The van der Waals surface area contributed by atoms with Crippen molar-refractivity contribution in [2.24, 2.45) is 4.99 Å². The zero-order chi connectivity index (χ0) is 18.9. The third-order valence-corrected chi connectivity index (χ3v) is 3.87. The molecule has 1 rings (SSSR count). The van der Waals surface area contributed by atoms with E-state index >= 15 is 0 Å². The predicted octanol–water partition coefficient (Wildman–Crippen LogP) is 2.63. The monoisotopic (exact) mass is 365 g/mol. The van der Waals surface area contributed by atoms with Gasteiger partial charge in [0.05, 0.1) is 26.9 Å². The number of rotatable bonds is 14. The van der Waals surface area contributed by atoms with Gasteiger partial charge in [0.15, 0.2) is 5.96 Å². The van der Waals surface area contributed by atoms with Crippen LogP contribution in [0.25, 0.3) is 0 Å². The van der Waals surface area contributed by atoms with Crippen LogP contribution < -0.4 is 15.4 Å². The zero-order valence-electron chi connectivity index (χ0n) is 16.6. The van der Waals surface area contributed by atoms with Crippen molar-refractivity contribution in [1.29, 1.82) is 0 Å². The number of guanidine groups is 1. The van der Waals surface area contributed by atoms with E-state index in [9.17, 15) is 0 Å². The van der Waals surface area contributed by atoms with Gasteiger partial charge >= 0.3 is 0 Å².